The van der Waals surface area contributed by atoms with E-state index in [1.54, 1.807) is 11.3 Å². The van der Waals surface area contributed by atoms with Gasteiger partial charge in [0.2, 0.25) is 0 Å². The van der Waals surface area contributed by atoms with E-state index in [2.05, 4.69) is 11.9 Å². The molecule has 1 aliphatic carbocycles. The average molecular weight is 267 g/mol. The Balaban J connectivity index is 1.95. The van der Waals surface area contributed by atoms with E-state index in [4.69, 9.17) is 4.74 Å². The Labute approximate surface area is 113 Å². The Bertz CT molecular complexity index is 402. The zero-order valence-corrected chi connectivity index (χ0v) is 12.0. The number of hydrogen-bond donors (Lipinski definition) is 0. The Kier molecular flexibility index (Phi) is 4.75. The lowest BCUT2D eigenvalue weighted by Crippen LogP contribution is -2.12. The summed E-state index contributed by atoms with van der Waals surface area (Å²) in [7, 11) is 0. The van der Waals surface area contributed by atoms with Crippen LogP contribution in [0.15, 0.2) is 5.38 Å². The molecule has 0 radical (unpaired) electrons. The van der Waals surface area contributed by atoms with Gasteiger partial charge < -0.3 is 4.74 Å². The van der Waals surface area contributed by atoms with Gasteiger partial charge in [0, 0.05) is 11.3 Å². The SMILES string of the molecule is CCOC(=O)Cc1csc(C2CCCC(C)C2)n1. The van der Waals surface area contributed by atoms with Gasteiger partial charge in [-0.2, -0.15) is 0 Å². The average Bonchev–Trinajstić information content (AvgIpc) is 2.78. The number of nitrogens with zero attached hydrogens (tertiary/aromatic N) is 1. The molecule has 1 saturated carbocycles. The highest BCUT2D eigenvalue weighted by Crippen LogP contribution is 2.37. The molecule has 0 spiro atoms. The maximum absolute atomic E-state index is 11.4. The van der Waals surface area contributed by atoms with E-state index in [-0.39, 0.29) is 5.97 Å². The highest BCUT2D eigenvalue weighted by Gasteiger charge is 2.23. The summed E-state index contributed by atoms with van der Waals surface area (Å²) in [6.45, 7) is 4.59. The number of esters is 1. The van der Waals surface area contributed by atoms with Crippen LogP contribution in [0, 0.1) is 5.92 Å². The Morgan fingerprint density at radius 2 is 2.39 bits per heavy atom. The molecule has 3 nitrogen and oxygen atoms in total. The summed E-state index contributed by atoms with van der Waals surface area (Å²) in [5.41, 5.74) is 0.867. The zero-order chi connectivity index (χ0) is 13.0. The largest absolute Gasteiger partial charge is 0.466 e. The van der Waals surface area contributed by atoms with Crippen LogP contribution in [0.5, 0.6) is 0 Å². The summed E-state index contributed by atoms with van der Waals surface area (Å²) in [4.78, 5) is 16.0. The van der Waals surface area contributed by atoms with Crippen LogP contribution in [-0.4, -0.2) is 17.6 Å². The third-order valence-electron chi connectivity index (χ3n) is 3.49. The Morgan fingerprint density at radius 3 is 3.11 bits per heavy atom. The van der Waals surface area contributed by atoms with Crippen LogP contribution in [0.1, 0.15) is 56.2 Å². The minimum atomic E-state index is -0.175. The first-order valence-electron chi connectivity index (χ1n) is 6.79. The van der Waals surface area contributed by atoms with Crippen LogP contribution >= 0.6 is 11.3 Å². The molecule has 1 heterocycles. The van der Waals surface area contributed by atoms with E-state index < -0.39 is 0 Å². The van der Waals surface area contributed by atoms with Gasteiger partial charge in [-0.15, -0.1) is 11.3 Å². The molecule has 0 bridgehead atoms. The Hall–Kier alpha value is -0.900. The van der Waals surface area contributed by atoms with Crippen molar-refractivity contribution >= 4 is 17.3 Å². The number of ether oxygens (including phenoxy) is 1. The lowest BCUT2D eigenvalue weighted by molar-refractivity contribution is -0.142. The minimum Gasteiger partial charge on any atom is -0.466 e. The zero-order valence-electron chi connectivity index (χ0n) is 11.1. The van der Waals surface area contributed by atoms with E-state index in [0.29, 0.717) is 18.9 Å². The van der Waals surface area contributed by atoms with Gasteiger partial charge in [-0.3, -0.25) is 4.79 Å². The molecule has 1 fully saturated rings. The van der Waals surface area contributed by atoms with Crippen LogP contribution in [-0.2, 0) is 16.0 Å². The third kappa shape index (κ3) is 3.55. The van der Waals surface area contributed by atoms with E-state index in [1.807, 2.05) is 12.3 Å². The van der Waals surface area contributed by atoms with Gasteiger partial charge in [0.1, 0.15) is 0 Å². The second kappa shape index (κ2) is 6.32. The molecule has 0 saturated heterocycles. The highest BCUT2D eigenvalue weighted by molar-refractivity contribution is 7.09. The van der Waals surface area contributed by atoms with Crippen molar-refractivity contribution in [1.29, 1.82) is 0 Å². The number of aromatic nitrogens is 1. The molecule has 0 aliphatic heterocycles. The number of carbonyl (C=O) groups is 1. The lowest BCUT2D eigenvalue weighted by Gasteiger charge is -2.24. The fourth-order valence-electron chi connectivity index (χ4n) is 2.61. The van der Waals surface area contributed by atoms with Crippen molar-refractivity contribution in [1.82, 2.24) is 4.98 Å². The fraction of sp³-hybridized carbons (Fsp3) is 0.714. The van der Waals surface area contributed by atoms with Gasteiger partial charge in [-0.25, -0.2) is 4.98 Å². The topological polar surface area (TPSA) is 39.2 Å². The molecule has 0 amide bonds. The van der Waals surface area contributed by atoms with Crippen molar-refractivity contribution in [3.8, 4) is 0 Å². The quantitative estimate of drug-likeness (QED) is 0.783. The lowest BCUT2D eigenvalue weighted by atomic mass is 9.83. The predicted molar refractivity (Wildman–Crippen MR) is 72.8 cm³/mol. The van der Waals surface area contributed by atoms with Crippen LogP contribution in [0.25, 0.3) is 0 Å². The molecule has 1 aromatic heterocycles. The standard InChI is InChI=1S/C14H21NO2S/c1-3-17-13(16)8-12-9-18-14(15-12)11-6-4-5-10(2)7-11/h9-11H,3-8H2,1-2H3. The van der Waals surface area contributed by atoms with Crippen molar-refractivity contribution in [2.24, 2.45) is 5.92 Å². The van der Waals surface area contributed by atoms with Gasteiger partial charge in [0.05, 0.1) is 23.7 Å². The van der Waals surface area contributed by atoms with Gasteiger partial charge >= 0.3 is 5.97 Å². The number of rotatable bonds is 4. The van der Waals surface area contributed by atoms with Gasteiger partial charge in [-0.1, -0.05) is 19.8 Å². The van der Waals surface area contributed by atoms with Crippen LogP contribution in [0.2, 0.25) is 0 Å². The molecule has 2 unspecified atom stereocenters. The summed E-state index contributed by atoms with van der Waals surface area (Å²) >= 11 is 1.70. The molecule has 2 rings (SSSR count). The molecular formula is C14H21NO2S. The number of carbonyl (C=O) groups excluding carboxylic acids is 1. The van der Waals surface area contributed by atoms with Gasteiger partial charge in [-0.05, 0) is 25.7 Å². The highest BCUT2D eigenvalue weighted by atomic mass is 32.1. The first-order chi connectivity index (χ1) is 8.69. The Morgan fingerprint density at radius 1 is 1.56 bits per heavy atom. The molecule has 100 valence electrons. The number of thiazole rings is 1. The van der Waals surface area contributed by atoms with Crippen molar-refractivity contribution in [3.63, 3.8) is 0 Å². The summed E-state index contributed by atoms with van der Waals surface area (Å²) in [5, 5.41) is 3.21. The molecule has 18 heavy (non-hydrogen) atoms. The maximum Gasteiger partial charge on any atom is 0.311 e. The third-order valence-corrected chi connectivity index (χ3v) is 4.54. The van der Waals surface area contributed by atoms with Crippen LogP contribution in [0.4, 0.5) is 0 Å². The molecule has 4 heteroatoms. The first-order valence-corrected chi connectivity index (χ1v) is 7.67. The molecule has 0 N–H and O–H groups in total. The van der Waals surface area contributed by atoms with Crippen LogP contribution < -0.4 is 0 Å². The summed E-state index contributed by atoms with van der Waals surface area (Å²) in [6.07, 6.45) is 5.45. The van der Waals surface area contributed by atoms with E-state index in [0.717, 1.165) is 11.6 Å². The summed E-state index contributed by atoms with van der Waals surface area (Å²) < 4.78 is 4.94. The van der Waals surface area contributed by atoms with Gasteiger partial charge in [0.25, 0.3) is 0 Å². The summed E-state index contributed by atoms with van der Waals surface area (Å²) in [5.74, 6) is 1.24. The second-order valence-electron chi connectivity index (χ2n) is 5.13. The van der Waals surface area contributed by atoms with E-state index in [9.17, 15) is 4.79 Å². The predicted octanol–water partition coefficient (Wildman–Crippen LogP) is 3.54. The number of hydrogen-bond acceptors (Lipinski definition) is 4. The minimum absolute atomic E-state index is 0.175. The molecule has 0 aromatic carbocycles. The van der Waals surface area contributed by atoms with Crippen LogP contribution in [0.3, 0.4) is 0 Å². The fourth-order valence-corrected chi connectivity index (χ4v) is 3.58. The maximum atomic E-state index is 11.4. The van der Waals surface area contributed by atoms with Crippen molar-refractivity contribution in [2.45, 2.75) is 51.9 Å². The molecular weight excluding hydrogens is 246 g/mol. The second-order valence-corrected chi connectivity index (χ2v) is 6.02. The summed E-state index contributed by atoms with van der Waals surface area (Å²) in [6, 6.07) is 0. The van der Waals surface area contributed by atoms with Crippen molar-refractivity contribution in [3.05, 3.63) is 16.1 Å². The van der Waals surface area contributed by atoms with Gasteiger partial charge in [0.15, 0.2) is 0 Å². The van der Waals surface area contributed by atoms with E-state index in [1.165, 1.54) is 30.7 Å². The normalized spacial score (nSPS) is 23.9. The smallest absolute Gasteiger partial charge is 0.311 e. The monoisotopic (exact) mass is 267 g/mol. The van der Waals surface area contributed by atoms with Crippen molar-refractivity contribution < 1.29 is 9.53 Å². The molecule has 1 aromatic rings. The van der Waals surface area contributed by atoms with E-state index >= 15 is 0 Å². The first kappa shape index (κ1) is 13.5. The molecule has 1 aliphatic rings. The molecule has 2 atom stereocenters. The van der Waals surface area contributed by atoms with Crippen molar-refractivity contribution in [2.75, 3.05) is 6.61 Å².